The van der Waals surface area contributed by atoms with E-state index in [1.54, 1.807) is 11.8 Å². The smallest absolute Gasteiger partial charge is 0.221 e. The van der Waals surface area contributed by atoms with Gasteiger partial charge >= 0.3 is 0 Å². The number of hydrogen-bond donors (Lipinski definition) is 1. The summed E-state index contributed by atoms with van der Waals surface area (Å²) in [7, 11) is 0. The molecular weight excluding hydrogens is 470 g/mol. The summed E-state index contributed by atoms with van der Waals surface area (Å²) in [6.45, 7) is 14.0. The number of benzene rings is 2. The van der Waals surface area contributed by atoms with E-state index in [1.807, 2.05) is 19.9 Å². The number of nitrogens with zero attached hydrogens (tertiary/aromatic N) is 2. The van der Waals surface area contributed by atoms with E-state index in [0.29, 0.717) is 11.9 Å². The van der Waals surface area contributed by atoms with Gasteiger partial charge in [0.05, 0.1) is 10.7 Å². The van der Waals surface area contributed by atoms with E-state index in [9.17, 15) is 0 Å². The Kier molecular flexibility index (Phi) is 12.6. The van der Waals surface area contributed by atoms with Gasteiger partial charge in [-0.15, -0.1) is 18.3 Å². The van der Waals surface area contributed by atoms with Crippen molar-refractivity contribution in [3.05, 3.63) is 59.1 Å². The fourth-order valence-corrected chi connectivity index (χ4v) is 5.90. The van der Waals surface area contributed by atoms with Gasteiger partial charge in [-0.1, -0.05) is 83.3 Å². The minimum absolute atomic E-state index is 0.310. The molecule has 0 radical (unpaired) electrons. The third kappa shape index (κ3) is 7.72. The molecule has 0 saturated carbocycles. The fraction of sp³-hybridized carbons (Fsp3) is 0.467. The van der Waals surface area contributed by atoms with Crippen LogP contribution in [0.25, 0.3) is 22.0 Å². The topological polar surface area (TPSA) is 51.8 Å². The molecule has 5 heteroatoms. The van der Waals surface area contributed by atoms with Gasteiger partial charge in [-0.25, -0.2) is 9.97 Å². The molecule has 0 spiro atoms. The number of allylic oxidation sites excluding steroid dienone is 1. The molecule has 2 aromatic carbocycles. The summed E-state index contributed by atoms with van der Waals surface area (Å²) < 4.78 is 0. The minimum Gasteiger partial charge on any atom is -0.368 e. The van der Waals surface area contributed by atoms with Gasteiger partial charge in [-0.3, -0.25) is 0 Å². The third-order valence-electron chi connectivity index (χ3n) is 6.18. The average Bonchev–Trinajstić information content (AvgIpc) is 2.88. The molecule has 1 aliphatic carbocycles. The first kappa shape index (κ1) is 29.2. The molecule has 190 valence electrons. The Morgan fingerprint density at radius 3 is 2.49 bits per heavy atom. The van der Waals surface area contributed by atoms with E-state index in [4.69, 9.17) is 17.3 Å². The molecule has 1 heterocycles. The fourth-order valence-electron chi connectivity index (χ4n) is 4.41. The van der Waals surface area contributed by atoms with Gasteiger partial charge in [0.1, 0.15) is 5.03 Å². The molecule has 0 saturated heterocycles. The van der Waals surface area contributed by atoms with E-state index in [1.165, 1.54) is 47.6 Å². The highest BCUT2D eigenvalue weighted by Gasteiger charge is 2.20. The Morgan fingerprint density at radius 1 is 1.11 bits per heavy atom. The van der Waals surface area contributed by atoms with Crippen molar-refractivity contribution < 1.29 is 0 Å². The Labute approximate surface area is 222 Å². The number of nitrogens with two attached hydrogens (primary N) is 1. The molecule has 0 bridgehead atoms. The van der Waals surface area contributed by atoms with Crippen LogP contribution in [0.15, 0.2) is 48.0 Å². The number of hydrogen-bond acceptors (Lipinski definition) is 4. The molecule has 0 amide bonds. The lowest BCUT2D eigenvalue weighted by Gasteiger charge is -2.20. The van der Waals surface area contributed by atoms with E-state index in [-0.39, 0.29) is 0 Å². The van der Waals surface area contributed by atoms with Crippen molar-refractivity contribution in [2.75, 3.05) is 11.5 Å². The predicted octanol–water partition coefficient (Wildman–Crippen LogP) is 9.55. The van der Waals surface area contributed by atoms with Gasteiger partial charge in [0, 0.05) is 11.3 Å². The number of nitrogen functional groups attached to an aromatic ring is 1. The van der Waals surface area contributed by atoms with E-state index < -0.39 is 0 Å². The maximum atomic E-state index is 6.79. The Hall–Kier alpha value is -2.04. The number of thioether (sulfide) groups is 1. The number of halogens is 1. The molecule has 3 nitrogen and oxygen atoms in total. The normalized spacial score (nSPS) is 12.7. The van der Waals surface area contributed by atoms with Crippen LogP contribution in [0.4, 0.5) is 5.95 Å². The zero-order valence-corrected chi connectivity index (χ0v) is 23.7. The first-order valence-electron chi connectivity index (χ1n) is 13.1. The van der Waals surface area contributed by atoms with E-state index >= 15 is 0 Å². The summed E-state index contributed by atoms with van der Waals surface area (Å²) in [5.41, 5.74) is 10.7. The average molecular weight is 512 g/mol. The predicted molar refractivity (Wildman–Crippen MR) is 158 cm³/mol. The van der Waals surface area contributed by atoms with Gasteiger partial charge in [0.2, 0.25) is 5.95 Å². The molecule has 35 heavy (non-hydrogen) atoms. The summed E-state index contributed by atoms with van der Waals surface area (Å²) in [4.78, 5) is 9.06. The lowest BCUT2D eigenvalue weighted by molar-refractivity contribution is 0.517. The van der Waals surface area contributed by atoms with Gasteiger partial charge in [0.15, 0.2) is 0 Å². The summed E-state index contributed by atoms with van der Waals surface area (Å²) in [5.74, 6) is 2.07. The Bertz CT molecular complexity index is 1100. The van der Waals surface area contributed by atoms with Crippen LogP contribution in [-0.4, -0.2) is 15.7 Å². The van der Waals surface area contributed by atoms with Crippen LogP contribution in [0.5, 0.6) is 0 Å². The number of aryl methyl sites for hydroxylation is 2. The number of rotatable bonds is 8. The molecule has 1 unspecified atom stereocenters. The molecule has 0 fully saturated rings. The maximum absolute atomic E-state index is 6.79. The van der Waals surface area contributed by atoms with Crippen molar-refractivity contribution in [3.8, 4) is 11.3 Å². The van der Waals surface area contributed by atoms with Crippen LogP contribution in [0, 0.1) is 5.92 Å². The van der Waals surface area contributed by atoms with Gasteiger partial charge in [-0.05, 0) is 72.1 Å². The summed E-state index contributed by atoms with van der Waals surface area (Å²) in [6.07, 6.45) is 9.99. The summed E-state index contributed by atoms with van der Waals surface area (Å²) in [6, 6.07) is 10.7. The van der Waals surface area contributed by atoms with Gasteiger partial charge in [0.25, 0.3) is 0 Å². The van der Waals surface area contributed by atoms with Crippen molar-refractivity contribution >= 4 is 40.1 Å². The van der Waals surface area contributed by atoms with Crippen LogP contribution >= 0.6 is 23.4 Å². The van der Waals surface area contributed by atoms with Crippen LogP contribution in [0.3, 0.4) is 0 Å². The molecule has 3 aromatic rings. The van der Waals surface area contributed by atoms with Crippen LogP contribution in [-0.2, 0) is 12.8 Å². The van der Waals surface area contributed by atoms with E-state index in [0.717, 1.165) is 46.3 Å². The van der Waals surface area contributed by atoms with Crippen molar-refractivity contribution in [2.24, 2.45) is 5.92 Å². The highest BCUT2D eigenvalue weighted by molar-refractivity contribution is 7.99. The molecule has 2 N–H and O–H groups in total. The monoisotopic (exact) mass is 511 g/mol. The SMILES string of the molecule is C=CCC.CC.CCCC(CC)CSc1cc(-c2c(Cl)cc3c4c(cccc24)CCC3)nc(N)n1. The van der Waals surface area contributed by atoms with Gasteiger partial charge < -0.3 is 5.73 Å². The quantitative estimate of drug-likeness (QED) is 0.186. The molecule has 0 aliphatic heterocycles. The zero-order chi connectivity index (χ0) is 25.8. The largest absolute Gasteiger partial charge is 0.368 e. The number of anilines is 1. The second kappa shape index (κ2) is 15.2. The highest BCUT2D eigenvalue weighted by Crippen LogP contribution is 2.41. The lowest BCUT2D eigenvalue weighted by Crippen LogP contribution is -2.05. The lowest BCUT2D eigenvalue weighted by atomic mass is 9.86. The van der Waals surface area contributed by atoms with Crippen LogP contribution in [0.1, 0.15) is 77.8 Å². The third-order valence-corrected chi connectivity index (χ3v) is 7.62. The first-order chi connectivity index (χ1) is 17.0. The summed E-state index contributed by atoms with van der Waals surface area (Å²) >= 11 is 8.56. The zero-order valence-electron chi connectivity index (χ0n) is 22.2. The van der Waals surface area contributed by atoms with E-state index in [2.05, 4.69) is 67.6 Å². The second-order valence-corrected chi connectivity index (χ2v) is 10.1. The maximum Gasteiger partial charge on any atom is 0.221 e. The minimum atomic E-state index is 0.310. The molecule has 1 aromatic heterocycles. The second-order valence-electron chi connectivity index (χ2n) is 8.61. The number of aromatic nitrogens is 2. The van der Waals surface area contributed by atoms with Crippen molar-refractivity contribution in [3.63, 3.8) is 0 Å². The van der Waals surface area contributed by atoms with Crippen LogP contribution in [0.2, 0.25) is 5.02 Å². The van der Waals surface area contributed by atoms with Gasteiger partial charge in [-0.2, -0.15) is 0 Å². The van der Waals surface area contributed by atoms with Crippen LogP contribution < -0.4 is 5.73 Å². The summed E-state index contributed by atoms with van der Waals surface area (Å²) in [5, 5.41) is 4.20. The van der Waals surface area contributed by atoms with Crippen molar-refractivity contribution in [1.82, 2.24) is 9.97 Å². The highest BCUT2D eigenvalue weighted by atomic mass is 35.5. The van der Waals surface area contributed by atoms with Crippen molar-refractivity contribution in [2.45, 2.75) is 84.6 Å². The Balaban J connectivity index is 0.000000655. The van der Waals surface area contributed by atoms with Crippen molar-refractivity contribution in [1.29, 1.82) is 0 Å². The molecular formula is C30H42ClN3S. The Morgan fingerprint density at radius 2 is 1.83 bits per heavy atom. The molecule has 4 rings (SSSR count). The molecule has 1 atom stereocenters. The molecule has 1 aliphatic rings. The standard InChI is InChI=1S/C24H28ClN3S.C4H8.C2H6/c1-3-7-15(4-2)14-29-21-13-20(27-24(26)28-21)23-18-11-6-9-16-8-5-10-17(22(16)18)12-19(23)25;1-3-4-2;1-2/h6,9,11-13,15H,3-5,7-8,10,14H2,1-2H3,(H2,26,27,28);3H,1,4H2,2H3;1-2H3. The first-order valence-corrected chi connectivity index (χ1v) is 14.5.